The number of halogens is 1. The molecule has 1 aliphatic heterocycles. The molecule has 1 aliphatic rings. The first kappa shape index (κ1) is 15.8. The van der Waals surface area contributed by atoms with Crippen LogP contribution < -0.4 is 5.73 Å². The third-order valence-electron chi connectivity index (χ3n) is 4.40. The third-order valence-corrected chi connectivity index (χ3v) is 4.68. The molecule has 7 heteroatoms. The quantitative estimate of drug-likeness (QED) is 0.925. The van der Waals surface area contributed by atoms with Crippen LogP contribution in [0, 0.1) is 5.92 Å². The number of aryl methyl sites for hydroxylation is 1. The van der Waals surface area contributed by atoms with Crippen molar-refractivity contribution in [2.45, 2.75) is 25.8 Å². The highest BCUT2D eigenvalue weighted by molar-refractivity contribution is 6.34. The van der Waals surface area contributed by atoms with Gasteiger partial charge < -0.3 is 10.6 Å². The minimum atomic E-state index is -0.269. The minimum Gasteiger partial charge on any atom is -0.369 e. The molecule has 0 unspecified atom stereocenters. The van der Waals surface area contributed by atoms with Crippen molar-refractivity contribution in [3.63, 3.8) is 0 Å². The topological polar surface area (TPSA) is 81.2 Å². The number of carbonyl (C=O) groups excluding carboxylic acids is 2. The van der Waals surface area contributed by atoms with E-state index in [-0.39, 0.29) is 17.7 Å². The summed E-state index contributed by atoms with van der Waals surface area (Å²) in [6.07, 6.45) is 1.67. The first-order chi connectivity index (χ1) is 11.1. The highest BCUT2D eigenvalue weighted by Gasteiger charge is 2.25. The number of fused-ring (bicyclic) bond motifs is 1. The van der Waals surface area contributed by atoms with Gasteiger partial charge >= 0.3 is 0 Å². The Labute approximate surface area is 139 Å². The lowest BCUT2D eigenvalue weighted by Gasteiger charge is -2.30. The molecule has 0 saturated carbocycles. The van der Waals surface area contributed by atoms with Gasteiger partial charge in [0.1, 0.15) is 0 Å². The minimum absolute atomic E-state index is 0.0728. The monoisotopic (exact) mass is 334 g/mol. The van der Waals surface area contributed by atoms with Crippen molar-refractivity contribution in [3.05, 3.63) is 29.4 Å². The van der Waals surface area contributed by atoms with E-state index in [9.17, 15) is 9.59 Å². The van der Waals surface area contributed by atoms with Gasteiger partial charge in [0.25, 0.3) is 0 Å². The average Bonchev–Trinajstić information content (AvgIpc) is 2.89. The molecule has 122 valence electrons. The van der Waals surface area contributed by atoms with Crippen LogP contribution >= 0.6 is 11.6 Å². The summed E-state index contributed by atoms with van der Waals surface area (Å²) in [5.74, 6) is -0.300. The van der Waals surface area contributed by atoms with Gasteiger partial charge in [0, 0.05) is 30.8 Å². The number of hydrogen-bond acceptors (Lipinski definition) is 3. The number of para-hydroxylation sites is 1. The maximum atomic E-state index is 12.3. The van der Waals surface area contributed by atoms with Crippen molar-refractivity contribution >= 4 is 34.3 Å². The number of aromatic nitrogens is 2. The zero-order valence-corrected chi connectivity index (χ0v) is 13.5. The molecule has 2 amide bonds. The molecule has 1 saturated heterocycles. The molecule has 3 rings (SSSR count). The number of nitrogens with zero attached hydrogens (tertiary/aromatic N) is 3. The van der Waals surface area contributed by atoms with Gasteiger partial charge in [0.2, 0.25) is 11.8 Å². The smallest absolute Gasteiger partial charge is 0.224 e. The zero-order chi connectivity index (χ0) is 16.4. The van der Waals surface area contributed by atoms with E-state index in [2.05, 4.69) is 5.10 Å². The van der Waals surface area contributed by atoms with Gasteiger partial charge in [-0.05, 0) is 25.0 Å². The summed E-state index contributed by atoms with van der Waals surface area (Å²) in [7, 11) is 0. The van der Waals surface area contributed by atoms with Crippen LogP contribution in [-0.2, 0) is 16.1 Å². The zero-order valence-electron chi connectivity index (χ0n) is 12.7. The molecule has 0 spiro atoms. The van der Waals surface area contributed by atoms with Crippen molar-refractivity contribution in [1.29, 1.82) is 0 Å². The van der Waals surface area contributed by atoms with Crippen LogP contribution in [0.25, 0.3) is 10.9 Å². The summed E-state index contributed by atoms with van der Waals surface area (Å²) in [5, 5.41) is 5.64. The number of rotatable bonds is 4. The summed E-state index contributed by atoms with van der Waals surface area (Å²) < 4.78 is 1.77. The predicted molar refractivity (Wildman–Crippen MR) is 87.9 cm³/mol. The van der Waals surface area contributed by atoms with Crippen molar-refractivity contribution < 1.29 is 9.59 Å². The SMILES string of the molecule is NC(=O)C1CCN(C(=O)CCn2nc(Cl)c3ccccc32)CC1. The first-order valence-electron chi connectivity index (χ1n) is 7.74. The van der Waals surface area contributed by atoms with Gasteiger partial charge in [-0.3, -0.25) is 14.3 Å². The summed E-state index contributed by atoms with van der Waals surface area (Å²) in [5.41, 5.74) is 6.24. The van der Waals surface area contributed by atoms with Crippen LogP contribution in [0.15, 0.2) is 24.3 Å². The fraction of sp³-hybridized carbons (Fsp3) is 0.438. The van der Waals surface area contributed by atoms with Crippen LogP contribution in [-0.4, -0.2) is 39.6 Å². The summed E-state index contributed by atoms with van der Waals surface area (Å²) in [6.45, 7) is 1.67. The molecule has 23 heavy (non-hydrogen) atoms. The number of benzene rings is 1. The number of carbonyl (C=O) groups is 2. The van der Waals surface area contributed by atoms with Crippen LogP contribution in [0.1, 0.15) is 19.3 Å². The maximum absolute atomic E-state index is 12.3. The van der Waals surface area contributed by atoms with Gasteiger partial charge in [0.15, 0.2) is 5.15 Å². The standard InChI is InChI=1S/C16H19ClN4O2/c17-15-12-3-1-2-4-13(12)21(19-15)10-7-14(22)20-8-5-11(6-9-20)16(18)23/h1-4,11H,5-10H2,(H2,18,23). The van der Waals surface area contributed by atoms with Gasteiger partial charge in [0.05, 0.1) is 12.1 Å². The fourth-order valence-corrected chi connectivity index (χ4v) is 3.28. The van der Waals surface area contributed by atoms with Crippen molar-refractivity contribution in [3.8, 4) is 0 Å². The lowest BCUT2D eigenvalue weighted by molar-refractivity contribution is -0.135. The average molecular weight is 335 g/mol. The number of likely N-dealkylation sites (tertiary alicyclic amines) is 1. The van der Waals surface area contributed by atoms with Crippen molar-refractivity contribution in [1.82, 2.24) is 14.7 Å². The van der Waals surface area contributed by atoms with E-state index in [4.69, 9.17) is 17.3 Å². The van der Waals surface area contributed by atoms with Gasteiger partial charge in [-0.1, -0.05) is 23.7 Å². The summed E-state index contributed by atoms with van der Waals surface area (Å²) in [6, 6.07) is 7.69. The Hall–Kier alpha value is -2.08. The lowest BCUT2D eigenvalue weighted by atomic mass is 9.96. The van der Waals surface area contributed by atoms with E-state index < -0.39 is 0 Å². The van der Waals surface area contributed by atoms with Gasteiger partial charge in [-0.2, -0.15) is 5.10 Å². The van der Waals surface area contributed by atoms with Crippen LogP contribution in [0.4, 0.5) is 0 Å². The number of hydrogen-bond donors (Lipinski definition) is 1. The van der Waals surface area contributed by atoms with E-state index in [1.54, 1.807) is 9.58 Å². The molecule has 2 N–H and O–H groups in total. The van der Waals surface area contributed by atoms with Gasteiger partial charge in [-0.25, -0.2) is 0 Å². The van der Waals surface area contributed by atoms with Crippen molar-refractivity contribution in [2.24, 2.45) is 11.7 Å². The molecule has 0 aliphatic carbocycles. The Balaban J connectivity index is 1.60. The molecule has 1 fully saturated rings. The van der Waals surface area contributed by atoms with E-state index in [1.165, 1.54) is 0 Å². The largest absolute Gasteiger partial charge is 0.369 e. The molecule has 0 bridgehead atoms. The normalized spacial score (nSPS) is 16.0. The highest BCUT2D eigenvalue weighted by Crippen LogP contribution is 2.23. The van der Waals surface area contributed by atoms with Crippen LogP contribution in [0.5, 0.6) is 0 Å². The fourth-order valence-electron chi connectivity index (χ4n) is 3.03. The van der Waals surface area contributed by atoms with Crippen LogP contribution in [0.3, 0.4) is 0 Å². The van der Waals surface area contributed by atoms with E-state index in [1.807, 2.05) is 24.3 Å². The molecule has 0 radical (unpaired) electrons. The molecule has 2 heterocycles. The maximum Gasteiger partial charge on any atom is 0.224 e. The second-order valence-corrected chi connectivity index (χ2v) is 6.20. The number of nitrogens with two attached hydrogens (primary N) is 1. The first-order valence-corrected chi connectivity index (χ1v) is 8.12. The number of piperidine rings is 1. The molecule has 6 nitrogen and oxygen atoms in total. The molecule has 1 aromatic carbocycles. The Bertz CT molecular complexity index is 735. The van der Waals surface area contributed by atoms with E-state index in [0.717, 1.165) is 10.9 Å². The Morgan fingerprint density at radius 3 is 2.65 bits per heavy atom. The predicted octanol–water partition coefficient (Wildman–Crippen LogP) is 1.80. The second-order valence-electron chi connectivity index (χ2n) is 5.84. The third kappa shape index (κ3) is 3.32. The molecule has 0 atom stereocenters. The Morgan fingerprint density at radius 1 is 1.26 bits per heavy atom. The second kappa shape index (κ2) is 6.58. The molecular weight excluding hydrogens is 316 g/mol. The van der Waals surface area contributed by atoms with Crippen LogP contribution in [0.2, 0.25) is 5.15 Å². The Kier molecular flexibility index (Phi) is 4.52. The summed E-state index contributed by atoms with van der Waals surface area (Å²) in [4.78, 5) is 25.3. The molecule has 1 aromatic heterocycles. The van der Waals surface area contributed by atoms with E-state index in [0.29, 0.717) is 44.0 Å². The molecule has 2 aromatic rings. The highest BCUT2D eigenvalue weighted by atomic mass is 35.5. The number of primary amides is 1. The molecular formula is C16H19ClN4O2. The lowest BCUT2D eigenvalue weighted by Crippen LogP contribution is -2.41. The van der Waals surface area contributed by atoms with Gasteiger partial charge in [-0.15, -0.1) is 0 Å². The number of amides is 2. The van der Waals surface area contributed by atoms with Crippen molar-refractivity contribution in [2.75, 3.05) is 13.1 Å². The summed E-state index contributed by atoms with van der Waals surface area (Å²) >= 11 is 6.12. The van der Waals surface area contributed by atoms with E-state index >= 15 is 0 Å². The Morgan fingerprint density at radius 2 is 1.96 bits per heavy atom.